The Labute approximate surface area is 157 Å². The second-order valence-electron chi connectivity index (χ2n) is 6.96. The van der Waals surface area contributed by atoms with E-state index in [1.165, 1.54) is 12.1 Å². The Morgan fingerprint density at radius 3 is 2.33 bits per heavy atom. The molecule has 0 radical (unpaired) electrons. The number of rotatable bonds is 6. The van der Waals surface area contributed by atoms with Crippen molar-refractivity contribution in [2.24, 2.45) is 5.92 Å². The zero-order valence-electron chi connectivity index (χ0n) is 15.7. The predicted octanol–water partition coefficient (Wildman–Crippen LogP) is 4.68. The van der Waals surface area contributed by atoms with Gasteiger partial charge in [0, 0.05) is 18.2 Å². The van der Waals surface area contributed by atoms with Crippen LogP contribution >= 0.6 is 0 Å². The third-order valence-electron chi connectivity index (χ3n) is 5.05. The summed E-state index contributed by atoms with van der Waals surface area (Å²) in [4.78, 5) is 26.4. The fourth-order valence-electron chi connectivity index (χ4n) is 3.59. The van der Waals surface area contributed by atoms with Crippen molar-refractivity contribution in [1.82, 2.24) is 4.90 Å². The van der Waals surface area contributed by atoms with Crippen LogP contribution in [-0.2, 0) is 15.7 Å². The summed E-state index contributed by atoms with van der Waals surface area (Å²) in [6.45, 7) is 4.26. The van der Waals surface area contributed by atoms with E-state index < -0.39 is 11.7 Å². The molecule has 0 saturated heterocycles. The lowest BCUT2D eigenvalue weighted by atomic mass is 9.84. The fourth-order valence-corrected chi connectivity index (χ4v) is 3.59. The summed E-state index contributed by atoms with van der Waals surface area (Å²) in [5.74, 6) is -0.447. The molecule has 2 atom stereocenters. The second kappa shape index (κ2) is 9.24. The predicted molar refractivity (Wildman–Crippen MR) is 95.2 cm³/mol. The van der Waals surface area contributed by atoms with E-state index in [9.17, 15) is 22.8 Å². The summed E-state index contributed by atoms with van der Waals surface area (Å²) in [6.07, 6.45) is -0.465. The number of carbonyl (C=O) groups is 2. The number of carbonyl (C=O) groups excluding carboxylic acids is 2. The largest absolute Gasteiger partial charge is 0.466 e. The van der Waals surface area contributed by atoms with Gasteiger partial charge in [-0.25, -0.2) is 0 Å². The normalized spacial score (nSPS) is 20.2. The van der Waals surface area contributed by atoms with Gasteiger partial charge in [0.25, 0.3) is 5.91 Å². The Morgan fingerprint density at radius 1 is 1.15 bits per heavy atom. The van der Waals surface area contributed by atoms with Gasteiger partial charge in [0.1, 0.15) is 0 Å². The first kappa shape index (κ1) is 21.3. The molecule has 0 aliphatic heterocycles. The maximum Gasteiger partial charge on any atom is 0.416 e. The quantitative estimate of drug-likeness (QED) is 0.668. The van der Waals surface area contributed by atoms with Crippen molar-refractivity contribution in [3.05, 3.63) is 35.4 Å². The molecule has 0 bridgehead atoms. The monoisotopic (exact) mass is 385 g/mol. The molecule has 1 amide bonds. The van der Waals surface area contributed by atoms with Gasteiger partial charge in [0.2, 0.25) is 0 Å². The highest BCUT2D eigenvalue weighted by atomic mass is 19.4. The molecule has 1 aromatic rings. The number of benzene rings is 1. The molecule has 0 aromatic heterocycles. The lowest BCUT2D eigenvalue weighted by molar-refractivity contribution is -0.143. The van der Waals surface area contributed by atoms with Crippen molar-refractivity contribution in [1.29, 1.82) is 0 Å². The topological polar surface area (TPSA) is 46.6 Å². The first-order valence-corrected chi connectivity index (χ1v) is 9.38. The molecule has 1 aliphatic carbocycles. The zero-order chi connectivity index (χ0) is 20.0. The van der Waals surface area contributed by atoms with Crippen molar-refractivity contribution in [3.8, 4) is 0 Å². The van der Waals surface area contributed by atoms with Gasteiger partial charge in [-0.05, 0) is 49.9 Å². The van der Waals surface area contributed by atoms with Gasteiger partial charge in [-0.1, -0.05) is 19.8 Å². The Kier molecular flexibility index (Phi) is 7.27. The summed E-state index contributed by atoms with van der Waals surface area (Å²) >= 11 is 0. The Bertz CT molecular complexity index is 643. The van der Waals surface area contributed by atoms with Crippen LogP contribution in [0.25, 0.3) is 0 Å². The number of alkyl halides is 3. The van der Waals surface area contributed by atoms with Crippen LogP contribution in [0.1, 0.15) is 61.9 Å². The van der Waals surface area contributed by atoms with Crippen LogP contribution in [-0.4, -0.2) is 36.0 Å². The minimum atomic E-state index is -4.44. The van der Waals surface area contributed by atoms with Crippen LogP contribution in [0.3, 0.4) is 0 Å². The van der Waals surface area contributed by atoms with E-state index in [4.69, 9.17) is 4.74 Å². The number of hydrogen-bond acceptors (Lipinski definition) is 3. The van der Waals surface area contributed by atoms with Crippen molar-refractivity contribution < 1.29 is 27.5 Å². The van der Waals surface area contributed by atoms with E-state index in [-0.39, 0.29) is 49.0 Å². The first-order valence-electron chi connectivity index (χ1n) is 9.38. The maximum atomic E-state index is 13.0. The number of ether oxygens (including phenoxy) is 1. The molecule has 27 heavy (non-hydrogen) atoms. The van der Waals surface area contributed by atoms with Crippen molar-refractivity contribution >= 4 is 11.9 Å². The molecular weight excluding hydrogens is 359 g/mol. The third-order valence-corrected chi connectivity index (χ3v) is 5.05. The third kappa shape index (κ3) is 5.71. The summed E-state index contributed by atoms with van der Waals surface area (Å²) in [5.41, 5.74) is -0.590. The standard InChI is InChI=1S/C20H26F3NO3/c1-3-27-18(25)12-13-24(17-7-5-4-6-14(17)2)19(26)15-8-10-16(11-9-15)20(21,22)23/h8-11,14,17H,3-7,12-13H2,1-2H3. The maximum absolute atomic E-state index is 13.0. The van der Waals surface area contributed by atoms with E-state index in [0.29, 0.717) is 0 Å². The summed E-state index contributed by atoms with van der Waals surface area (Å²) in [6, 6.07) is 4.22. The number of nitrogens with zero attached hydrogens (tertiary/aromatic N) is 1. The smallest absolute Gasteiger partial charge is 0.416 e. The van der Waals surface area contributed by atoms with E-state index in [0.717, 1.165) is 37.8 Å². The zero-order valence-corrected chi connectivity index (χ0v) is 15.7. The number of hydrogen-bond donors (Lipinski definition) is 0. The molecule has 7 heteroatoms. The molecule has 2 unspecified atom stereocenters. The van der Waals surface area contributed by atoms with E-state index in [2.05, 4.69) is 6.92 Å². The number of amides is 1. The van der Waals surface area contributed by atoms with Crippen LogP contribution < -0.4 is 0 Å². The van der Waals surface area contributed by atoms with E-state index in [1.807, 2.05) is 0 Å². The van der Waals surface area contributed by atoms with Gasteiger partial charge in [-0.3, -0.25) is 9.59 Å². The second-order valence-corrected chi connectivity index (χ2v) is 6.96. The average molecular weight is 385 g/mol. The molecule has 4 nitrogen and oxygen atoms in total. The Balaban J connectivity index is 2.20. The number of esters is 1. The molecule has 0 heterocycles. The molecule has 1 aromatic carbocycles. The SMILES string of the molecule is CCOC(=O)CCN(C(=O)c1ccc(C(F)(F)F)cc1)C1CCCCC1C. The highest BCUT2D eigenvalue weighted by Gasteiger charge is 2.33. The van der Waals surface area contributed by atoms with Gasteiger partial charge in [0.15, 0.2) is 0 Å². The van der Waals surface area contributed by atoms with Crippen LogP contribution in [0.15, 0.2) is 24.3 Å². The van der Waals surface area contributed by atoms with Crippen LogP contribution in [0.5, 0.6) is 0 Å². The van der Waals surface area contributed by atoms with Crippen molar-refractivity contribution in [2.75, 3.05) is 13.2 Å². The van der Waals surface area contributed by atoms with Gasteiger partial charge in [-0.15, -0.1) is 0 Å². The molecular formula is C20H26F3NO3. The molecule has 0 N–H and O–H groups in total. The fraction of sp³-hybridized carbons (Fsp3) is 0.600. The Morgan fingerprint density at radius 2 is 1.78 bits per heavy atom. The number of halogens is 3. The lowest BCUT2D eigenvalue weighted by Gasteiger charge is -2.38. The van der Waals surface area contributed by atoms with Crippen molar-refractivity contribution in [3.63, 3.8) is 0 Å². The molecule has 0 spiro atoms. The highest BCUT2D eigenvalue weighted by Crippen LogP contribution is 2.31. The Hall–Kier alpha value is -2.05. The summed E-state index contributed by atoms with van der Waals surface area (Å²) in [7, 11) is 0. The average Bonchev–Trinajstić information content (AvgIpc) is 2.62. The highest BCUT2D eigenvalue weighted by molar-refractivity contribution is 5.94. The van der Waals surface area contributed by atoms with Crippen molar-refractivity contribution in [2.45, 2.75) is 58.2 Å². The molecule has 1 fully saturated rings. The van der Waals surface area contributed by atoms with Gasteiger partial charge < -0.3 is 9.64 Å². The van der Waals surface area contributed by atoms with Gasteiger partial charge in [-0.2, -0.15) is 13.2 Å². The first-order chi connectivity index (χ1) is 12.7. The van der Waals surface area contributed by atoms with Crippen LogP contribution in [0.2, 0.25) is 0 Å². The molecule has 150 valence electrons. The molecule has 2 rings (SSSR count). The van der Waals surface area contributed by atoms with Gasteiger partial charge in [0.05, 0.1) is 18.6 Å². The minimum absolute atomic E-state index is 0.0250. The minimum Gasteiger partial charge on any atom is -0.466 e. The van der Waals surface area contributed by atoms with Crippen LogP contribution in [0.4, 0.5) is 13.2 Å². The summed E-state index contributed by atoms with van der Waals surface area (Å²) in [5, 5.41) is 0. The van der Waals surface area contributed by atoms with Crippen LogP contribution in [0, 0.1) is 5.92 Å². The lowest BCUT2D eigenvalue weighted by Crippen LogP contribution is -2.46. The molecule has 1 saturated carbocycles. The van der Waals surface area contributed by atoms with Gasteiger partial charge >= 0.3 is 12.1 Å². The summed E-state index contributed by atoms with van der Waals surface area (Å²) < 4.78 is 43.2. The van der Waals surface area contributed by atoms with E-state index in [1.54, 1.807) is 11.8 Å². The molecule has 1 aliphatic rings. The van der Waals surface area contributed by atoms with E-state index >= 15 is 0 Å².